The highest BCUT2D eigenvalue weighted by atomic mass is 19.4. The van der Waals surface area contributed by atoms with Crippen LogP contribution in [0.3, 0.4) is 0 Å². The standard InChI is InChI=1S/C24H26F3N3O4/c25-24(26,27)23(32)34-30(13-14-33-20-8-4-7-19(15-20)21(28)29)22(31)18-11-9-17(10-12-18)16-5-2-1-3-6-16/h4,7-12,15-16H,1-3,5-6,13-14H2,(H3,28,29). The maximum atomic E-state index is 12.9. The topological polar surface area (TPSA) is 106 Å². The Bertz CT molecular complexity index is 1020. The molecular weight excluding hydrogens is 451 g/mol. The van der Waals surface area contributed by atoms with Crippen molar-refractivity contribution in [1.29, 1.82) is 5.41 Å². The number of hydrogen-bond donors (Lipinski definition) is 2. The molecule has 2 aromatic rings. The maximum absolute atomic E-state index is 12.9. The lowest BCUT2D eigenvalue weighted by Gasteiger charge is -2.23. The minimum atomic E-state index is -5.26. The first-order valence-corrected chi connectivity index (χ1v) is 10.9. The summed E-state index contributed by atoms with van der Waals surface area (Å²) in [6, 6.07) is 12.8. The van der Waals surface area contributed by atoms with Gasteiger partial charge in [-0.3, -0.25) is 10.2 Å². The summed E-state index contributed by atoms with van der Waals surface area (Å²) < 4.78 is 43.8. The summed E-state index contributed by atoms with van der Waals surface area (Å²) in [5, 5.41) is 7.80. The van der Waals surface area contributed by atoms with Crippen LogP contribution in [0.15, 0.2) is 48.5 Å². The number of hydroxylamine groups is 2. The van der Waals surface area contributed by atoms with E-state index in [1.54, 1.807) is 30.3 Å². The normalized spacial score (nSPS) is 14.3. The van der Waals surface area contributed by atoms with E-state index in [-0.39, 0.29) is 18.0 Å². The maximum Gasteiger partial charge on any atom is 0.493 e. The van der Waals surface area contributed by atoms with Gasteiger partial charge in [0.2, 0.25) is 0 Å². The van der Waals surface area contributed by atoms with E-state index in [4.69, 9.17) is 15.9 Å². The molecular formula is C24H26F3N3O4. The molecule has 3 N–H and O–H groups in total. The number of ether oxygens (including phenoxy) is 1. The van der Waals surface area contributed by atoms with Crippen molar-refractivity contribution in [3.05, 3.63) is 65.2 Å². The minimum absolute atomic E-state index is 0.0908. The number of hydrogen-bond acceptors (Lipinski definition) is 5. The van der Waals surface area contributed by atoms with Gasteiger partial charge in [-0.1, -0.05) is 43.5 Å². The number of nitrogens with one attached hydrogen (secondary N) is 1. The third-order valence-electron chi connectivity index (χ3n) is 5.59. The summed E-state index contributed by atoms with van der Waals surface area (Å²) >= 11 is 0. The highest BCUT2D eigenvalue weighted by Crippen LogP contribution is 2.32. The molecule has 1 saturated carbocycles. The second kappa shape index (κ2) is 11.0. The van der Waals surface area contributed by atoms with Crippen LogP contribution in [0.25, 0.3) is 0 Å². The summed E-state index contributed by atoms with van der Waals surface area (Å²) in [4.78, 5) is 28.6. The number of amides is 1. The number of nitrogens with two attached hydrogens (primary N) is 1. The van der Waals surface area contributed by atoms with Crippen molar-refractivity contribution < 1.29 is 32.3 Å². The van der Waals surface area contributed by atoms with Crippen molar-refractivity contribution >= 4 is 17.7 Å². The summed E-state index contributed by atoms with van der Waals surface area (Å²) in [6.07, 6.45) is 0.340. The lowest BCUT2D eigenvalue weighted by molar-refractivity contribution is -0.229. The number of halogens is 3. The Kier molecular flexibility index (Phi) is 8.14. The zero-order valence-electron chi connectivity index (χ0n) is 18.4. The number of benzene rings is 2. The summed E-state index contributed by atoms with van der Waals surface area (Å²) in [5.41, 5.74) is 6.99. The number of carbonyl (C=O) groups excluding carboxylic acids is 2. The highest BCUT2D eigenvalue weighted by Gasteiger charge is 2.43. The first-order chi connectivity index (χ1) is 16.1. The molecule has 1 aliphatic rings. The van der Waals surface area contributed by atoms with E-state index < -0.39 is 24.6 Å². The Morgan fingerprint density at radius 2 is 1.71 bits per heavy atom. The van der Waals surface area contributed by atoms with Crippen molar-refractivity contribution in [2.24, 2.45) is 5.73 Å². The SMILES string of the molecule is N=C(N)c1cccc(OCCN(OC(=O)C(F)(F)F)C(=O)c2ccc(C3CCCCC3)cc2)c1. The zero-order valence-corrected chi connectivity index (χ0v) is 18.4. The lowest BCUT2D eigenvalue weighted by atomic mass is 9.84. The van der Waals surface area contributed by atoms with Crippen LogP contribution in [0.4, 0.5) is 13.2 Å². The predicted octanol–water partition coefficient (Wildman–Crippen LogP) is 4.56. The largest absolute Gasteiger partial charge is 0.493 e. The summed E-state index contributed by atoms with van der Waals surface area (Å²) in [5.74, 6) is -2.89. The van der Waals surface area contributed by atoms with E-state index in [1.165, 1.54) is 24.6 Å². The van der Waals surface area contributed by atoms with Crippen LogP contribution in [-0.4, -0.2) is 42.1 Å². The fraction of sp³-hybridized carbons (Fsp3) is 0.375. The minimum Gasteiger partial charge on any atom is -0.492 e. The van der Waals surface area contributed by atoms with Crippen LogP contribution < -0.4 is 10.5 Å². The Hall–Kier alpha value is -3.56. The Labute approximate surface area is 195 Å². The van der Waals surface area contributed by atoms with Gasteiger partial charge >= 0.3 is 12.1 Å². The van der Waals surface area contributed by atoms with Gasteiger partial charge in [0, 0.05) is 11.1 Å². The Balaban J connectivity index is 1.70. The van der Waals surface area contributed by atoms with Crippen LogP contribution >= 0.6 is 0 Å². The van der Waals surface area contributed by atoms with Crippen molar-refractivity contribution in [3.8, 4) is 5.75 Å². The fourth-order valence-electron chi connectivity index (χ4n) is 3.82. The van der Waals surface area contributed by atoms with Crippen LogP contribution in [-0.2, 0) is 9.63 Å². The quantitative estimate of drug-likeness (QED) is 0.346. The van der Waals surface area contributed by atoms with Gasteiger partial charge in [0.05, 0.1) is 6.54 Å². The monoisotopic (exact) mass is 477 g/mol. The smallest absolute Gasteiger partial charge is 0.492 e. The average molecular weight is 477 g/mol. The Morgan fingerprint density at radius 3 is 2.32 bits per heavy atom. The molecule has 1 aliphatic carbocycles. The molecule has 1 amide bonds. The molecule has 2 aromatic carbocycles. The van der Waals surface area contributed by atoms with Gasteiger partial charge in [0.1, 0.15) is 18.2 Å². The van der Waals surface area contributed by atoms with Crippen molar-refractivity contribution in [2.75, 3.05) is 13.2 Å². The van der Waals surface area contributed by atoms with Gasteiger partial charge in [-0.05, 0) is 48.6 Å². The van der Waals surface area contributed by atoms with Gasteiger partial charge in [-0.2, -0.15) is 18.2 Å². The van der Waals surface area contributed by atoms with Crippen molar-refractivity contribution in [3.63, 3.8) is 0 Å². The van der Waals surface area contributed by atoms with Crippen molar-refractivity contribution in [2.45, 2.75) is 44.2 Å². The highest BCUT2D eigenvalue weighted by molar-refractivity contribution is 5.95. The van der Waals surface area contributed by atoms with Crippen LogP contribution in [0.1, 0.15) is 59.5 Å². The molecule has 0 heterocycles. The molecule has 0 aliphatic heterocycles. The number of nitrogen functional groups attached to an aromatic ring is 1. The second-order valence-electron chi connectivity index (χ2n) is 8.03. The zero-order chi connectivity index (χ0) is 24.7. The average Bonchev–Trinajstić information content (AvgIpc) is 2.83. The van der Waals surface area contributed by atoms with Crippen LogP contribution in [0, 0.1) is 5.41 Å². The van der Waals surface area contributed by atoms with Gasteiger partial charge in [-0.15, -0.1) is 0 Å². The molecule has 0 radical (unpaired) electrons. The molecule has 0 bridgehead atoms. The second-order valence-corrected chi connectivity index (χ2v) is 8.03. The van der Waals surface area contributed by atoms with Crippen molar-refractivity contribution in [1.82, 2.24) is 5.06 Å². The molecule has 0 spiro atoms. The molecule has 182 valence electrons. The molecule has 0 saturated heterocycles. The number of carbonyl (C=O) groups is 2. The van der Waals surface area contributed by atoms with Gasteiger partial charge in [0.15, 0.2) is 0 Å². The van der Waals surface area contributed by atoms with E-state index in [2.05, 4.69) is 4.84 Å². The number of rotatable bonds is 7. The first kappa shape index (κ1) is 25.1. The molecule has 3 rings (SSSR count). The summed E-state index contributed by atoms with van der Waals surface area (Å²) in [7, 11) is 0. The molecule has 10 heteroatoms. The first-order valence-electron chi connectivity index (χ1n) is 10.9. The van der Waals surface area contributed by atoms with E-state index in [9.17, 15) is 22.8 Å². The third-order valence-corrected chi connectivity index (χ3v) is 5.59. The van der Waals surface area contributed by atoms with E-state index >= 15 is 0 Å². The predicted molar refractivity (Wildman–Crippen MR) is 118 cm³/mol. The number of nitrogens with zero attached hydrogens (tertiary/aromatic N) is 1. The lowest BCUT2D eigenvalue weighted by Crippen LogP contribution is -2.40. The molecule has 0 aromatic heterocycles. The molecule has 34 heavy (non-hydrogen) atoms. The Morgan fingerprint density at radius 1 is 1.03 bits per heavy atom. The van der Waals surface area contributed by atoms with Gasteiger partial charge in [0.25, 0.3) is 5.91 Å². The van der Waals surface area contributed by atoms with Crippen LogP contribution in [0.2, 0.25) is 0 Å². The van der Waals surface area contributed by atoms with Gasteiger partial charge < -0.3 is 15.3 Å². The van der Waals surface area contributed by atoms with Crippen LogP contribution in [0.5, 0.6) is 5.75 Å². The van der Waals surface area contributed by atoms with E-state index in [1.807, 2.05) is 0 Å². The third kappa shape index (κ3) is 6.72. The number of amidine groups is 1. The van der Waals surface area contributed by atoms with Gasteiger partial charge in [-0.25, -0.2) is 4.79 Å². The number of alkyl halides is 3. The molecule has 0 unspecified atom stereocenters. The molecule has 7 nitrogen and oxygen atoms in total. The fourth-order valence-corrected chi connectivity index (χ4v) is 3.82. The molecule has 0 atom stereocenters. The van der Waals surface area contributed by atoms with E-state index in [0.29, 0.717) is 22.3 Å². The molecule has 1 fully saturated rings. The summed E-state index contributed by atoms with van der Waals surface area (Å²) in [6.45, 7) is -0.715. The van der Waals surface area contributed by atoms with E-state index in [0.717, 1.165) is 31.2 Å².